The standard InChI is InChI=1S/C15H33NO3/c1-4-5-6-8-15(2)16-9-12-19-14-13-18-11-7-10-17-3/h15-16H,4-14H2,1-3H3. The van der Waals surface area contributed by atoms with E-state index in [1.165, 1.54) is 25.7 Å². The van der Waals surface area contributed by atoms with Crippen LogP contribution in [-0.4, -0.2) is 52.7 Å². The van der Waals surface area contributed by atoms with Gasteiger partial charge in [0.15, 0.2) is 0 Å². The molecule has 0 amide bonds. The first-order valence-corrected chi connectivity index (χ1v) is 7.69. The second-order valence-electron chi connectivity index (χ2n) is 4.92. The van der Waals surface area contributed by atoms with Crippen molar-refractivity contribution in [1.29, 1.82) is 0 Å². The molecule has 0 bridgehead atoms. The molecule has 1 unspecified atom stereocenters. The van der Waals surface area contributed by atoms with Gasteiger partial charge >= 0.3 is 0 Å². The third-order valence-corrected chi connectivity index (χ3v) is 2.99. The molecule has 4 heteroatoms. The van der Waals surface area contributed by atoms with E-state index < -0.39 is 0 Å². The maximum atomic E-state index is 5.50. The molecule has 0 aromatic heterocycles. The largest absolute Gasteiger partial charge is 0.385 e. The van der Waals surface area contributed by atoms with Gasteiger partial charge in [0, 0.05) is 32.9 Å². The van der Waals surface area contributed by atoms with Gasteiger partial charge in [-0.05, 0) is 19.8 Å². The van der Waals surface area contributed by atoms with E-state index in [1.807, 2.05) is 0 Å². The van der Waals surface area contributed by atoms with E-state index in [-0.39, 0.29) is 0 Å². The van der Waals surface area contributed by atoms with E-state index in [1.54, 1.807) is 7.11 Å². The van der Waals surface area contributed by atoms with Crippen molar-refractivity contribution in [2.75, 3.05) is 46.7 Å². The number of hydrogen-bond acceptors (Lipinski definition) is 4. The van der Waals surface area contributed by atoms with Crippen LogP contribution in [0, 0.1) is 0 Å². The minimum atomic E-state index is 0.598. The van der Waals surface area contributed by atoms with Crippen molar-refractivity contribution in [2.45, 2.75) is 52.0 Å². The highest BCUT2D eigenvalue weighted by Gasteiger charge is 1.99. The van der Waals surface area contributed by atoms with E-state index in [2.05, 4.69) is 19.2 Å². The summed E-state index contributed by atoms with van der Waals surface area (Å²) in [6, 6.07) is 0.598. The first kappa shape index (κ1) is 18.8. The summed E-state index contributed by atoms with van der Waals surface area (Å²) < 4.78 is 15.8. The third-order valence-electron chi connectivity index (χ3n) is 2.99. The van der Waals surface area contributed by atoms with Crippen LogP contribution in [0.25, 0.3) is 0 Å². The topological polar surface area (TPSA) is 39.7 Å². The third kappa shape index (κ3) is 15.8. The molecule has 19 heavy (non-hydrogen) atoms. The molecule has 0 aromatic carbocycles. The molecule has 0 spiro atoms. The van der Waals surface area contributed by atoms with Gasteiger partial charge in [-0.15, -0.1) is 0 Å². The van der Waals surface area contributed by atoms with Crippen LogP contribution < -0.4 is 5.32 Å². The smallest absolute Gasteiger partial charge is 0.0701 e. The molecule has 0 aromatic rings. The quantitative estimate of drug-likeness (QED) is 0.466. The molecule has 116 valence electrons. The second-order valence-corrected chi connectivity index (χ2v) is 4.92. The lowest BCUT2D eigenvalue weighted by Gasteiger charge is -2.13. The molecule has 0 fully saturated rings. The van der Waals surface area contributed by atoms with Crippen LogP contribution in [0.4, 0.5) is 0 Å². The number of unbranched alkanes of at least 4 members (excludes halogenated alkanes) is 2. The summed E-state index contributed by atoms with van der Waals surface area (Å²) in [4.78, 5) is 0. The van der Waals surface area contributed by atoms with Gasteiger partial charge in [-0.1, -0.05) is 26.2 Å². The Hall–Kier alpha value is -0.160. The molecular weight excluding hydrogens is 242 g/mol. The molecule has 0 radical (unpaired) electrons. The highest BCUT2D eigenvalue weighted by atomic mass is 16.5. The fraction of sp³-hybridized carbons (Fsp3) is 1.00. The monoisotopic (exact) mass is 275 g/mol. The molecule has 4 nitrogen and oxygen atoms in total. The Morgan fingerprint density at radius 3 is 2.32 bits per heavy atom. The summed E-state index contributed by atoms with van der Waals surface area (Å²) in [7, 11) is 1.71. The predicted molar refractivity (Wildman–Crippen MR) is 79.7 cm³/mol. The molecule has 0 rings (SSSR count). The number of nitrogens with one attached hydrogen (secondary N) is 1. The lowest BCUT2D eigenvalue weighted by atomic mass is 10.1. The Bertz CT molecular complexity index is 167. The van der Waals surface area contributed by atoms with Crippen LogP contribution in [-0.2, 0) is 14.2 Å². The van der Waals surface area contributed by atoms with Crippen molar-refractivity contribution in [3.05, 3.63) is 0 Å². The zero-order valence-electron chi connectivity index (χ0n) is 13.1. The van der Waals surface area contributed by atoms with Crippen LogP contribution >= 0.6 is 0 Å². The number of methoxy groups -OCH3 is 1. The van der Waals surface area contributed by atoms with Gasteiger partial charge in [0.1, 0.15) is 0 Å². The van der Waals surface area contributed by atoms with Gasteiger partial charge in [-0.25, -0.2) is 0 Å². The van der Waals surface area contributed by atoms with Crippen LogP contribution in [0.5, 0.6) is 0 Å². The molecule has 0 aliphatic carbocycles. The van der Waals surface area contributed by atoms with Gasteiger partial charge in [0.2, 0.25) is 0 Å². The summed E-state index contributed by atoms with van der Waals surface area (Å²) in [6.45, 7) is 9.05. The fourth-order valence-corrected chi connectivity index (χ4v) is 1.81. The highest BCUT2D eigenvalue weighted by molar-refractivity contribution is 4.59. The van der Waals surface area contributed by atoms with Gasteiger partial charge in [0.25, 0.3) is 0 Å². The zero-order chi connectivity index (χ0) is 14.2. The number of hydrogen-bond donors (Lipinski definition) is 1. The highest BCUT2D eigenvalue weighted by Crippen LogP contribution is 2.02. The van der Waals surface area contributed by atoms with Crippen LogP contribution in [0.2, 0.25) is 0 Å². The fourth-order valence-electron chi connectivity index (χ4n) is 1.81. The van der Waals surface area contributed by atoms with E-state index in [9.17, 15) is 0 Å². The molecule has 0 heterocycles. The number of ether oxygens (including phenoxy) is 3. The Kier molecular flexibility index (Phi) is 15.8. The molecule has 0 saturated carbocycles. The van der Waals surface area contributed by atoms with Crippen molar-refractivity contribution >= 4 is 0 Å². The lowest BCUT2D eigenvalue weighted by molar-refractivity contribution is 0.0403. The second kappa shape index (κ2) is 15.9. The van der Waals surface area contributed by atoms with Crippen molar-refractivity contribution in [3.63, 3.8) is 0 Å². The van der Waals surface area contributed by atoms with Gasteiger partial charge in [-0.3, -0.25) is 0 Å². The minimum Gasteiger partial charge on any atom is -0.385 e. The number of rotatable bonds is 15. The summed E-state index contributed by atoms with van der Waals surface area (Å²) in [6.07, 6.45) is 6.16. The average Bonchev–Trinajstić information content (AvgIpc) is 2.41. The maximum absolute atomic E-state index is 5.50. The normalized spacial score (nSPS) is 12.8. The Balaban J connectivity index is 3.05. The summed E-state index contributed by atoms with van der Waals surface area (Å²) in [5.74, 6) is 0. The van der Waals surface area contributed by atoms with Gasteiger partial charge < -0.3 is 19.5 Å². The Morgan fingerprint density at radius 2 is 1.63 bits per heavy atom. The van der Waals surface area contributed by atoms with E-state index >= 15 is 0 Å². The van der Waals surface area contributed by atoms with E-state index in [4.69, 9.17) is 14.2 Å². The maximum Gasteiger partial charge on any atom is 0.0701 e. The van der Waals surface area contributed by atoms with Crippen molar-refractivity contribution in [2.24, 2.45) is 0 Å². The molecule has 1 atom stereocenters. The molecule has 0 aliphatic rings. The van der Waals surface area contributed by atoms with Gasteiger partial charge in [-0.2, -0.15) is 0 Å². The summed E-state index contributed by atoms with van der Waals surface area (Å²) in [5, 5.41) is 3.48. The van der Waals surface area contributed by atoms with Crippen molar-refractivity contribution in [1.82, 2.24) is 5.32 Å². The first-order chi connectivity index (χ1) is 9.31. The van der Waals surface area contributed by atoms with Crippen LogP contribution in [0.15, 0.2) is 0 Å². The SMILES string of the molecule is CCCCCC(C)NCCOCCOCCCOC. The van der Waals surface area contributed by atoms with Crippen LogP contribution in [0.1, 0.15) is 46.0 Å². The lowest BCUT2D eigenvalue weighted by Crippen LogP contribution is -2.29. The Morgan fingerprint density at radius 1 is 0.895 bits per heavy atom. The Labute approximate surface area is 119 Å². The van der Waals surface area contributed by atoms with Crippen molar-refractivity contribution in [3.8, 4) is 0 Å². The van der Waals surface area contributed by atoms with E-state index in [0.29, 0.717) is 19.3 Å². The zero-order valence-corrected chi connectivity index (χ0v) is 13.1. The minimum absolute atomic E-state index is 0.598. The molecule has 0 saturated heterocycles. The average molecular weight is 275 g/mol. The van der Waals surface area contributed by atoms with Crippen LogP contribution in [0.3, 0.4) is 0 Å². The summed E-state index contributed by atoms with van der Waals surface area (Å²) >= 11 is 0. The molecule has 1 N–H and O–H groups in total. The van der Waals surface area contributed by atoms with Gasteiger partial charge in [0.05, 0.1) is 19.8 Å². The predicted octanol–water partition coefficient (Wildman–Crippen LogP) is 2.61. The first-order valence-electron chi connectivity index (χ1n) is 7.69. The molecular formula is C15H33NO3. The molecule has 0 aliphatic heterocycles. The summed E-state index contributed by atoms with van der Waals surface area (Å²) in [5.41, 5.74) is 0. The van der Waals surface area contributed by atoms with Crippen molar-refractivity contribution < 1.29 is 14.2 Å². The van der Waals surface area contributed by atoms with E-state index in [0.717, 1.165) is 32.8 Å².